The Balaban J connectivity index is 1.59. The lowest BCUT2D eigenvalue weighted by Gasteiger charge is -2.36. The van der Waals surface area contributed by atoms with E-state index in [1.54, 1.807) is 29.2 Å². The molecule has 1 N–H and O–H groups in total. The number of hydrogen-bond donors (Lipinski definition) is 1. The SMILES string of the molecule is COC(=O)c1cccc(NC(=O)N2CCN(c3ccc(C)cc3C)CC2)c1. The van der Waals surface area contributed by atoms with Gasteiger partial charge in [0.1, 0.15) is 0 Å². The summed E-state index contributed by atoms with van der Waals surface area (Å²) in [6.07, 6.45) is 0. The molecule has 1 aliphatic heterocycles. The van der Waals surface area contributed by atoms with Gasteiger partial charge in [0.2, 0.25) is 0 Å². The highest BCUT2D eigenvalue weighted by atomic mass is 16.5. The lowest BCUT2D eigenvalue weighted by molar-refractivity contribution is 0.0600. The van der Waals surface area contributed by atoms with E-state index in [1.807, 2.05) is 0 Å². The van der Waals surface area contributed by atoms with Gasteiger partial charge in [-0.2, -0.15) is 0 Å². The number of benzene rings is 2. The predicted molar refractivity (Wildman–Crippen MR) is 107 cm³/mol. The van der Waals surface area contributed by atoms with Crippen molar-refractivity contribution >= 4 is 23.4 Å². The molecule has 1 saturated heterocycles. The molecule has 0 radical (unpaired) electrons. The highest BCUT2D eigenvalue weighted by Gasteiger charge is 2.22. The maximum Gasteiger partial charge on any atom is 0.337 e. The molecule has 27 heavy (non-hydrogen) atoms. The molecule has 142 valence electrons. The standard InChI is InChI=1S/C21H25N3O3/c1-15-7-8-19(16(2)13-15)23-9-11-24(12-10-23)21(26)22-18-6-4-5-17(14-18)20(25)27-3/h4-8,13-14H,9-12H2,1-3H3,(H,22,26). The van der Waals surface area contributed by atoms with Crippen LogP contribution in [-0.4, -0.2) is 50.2 Å². The topological polar surface area (TPSA) is 61.9 Å². The highest BCUT2D eigenvalue weighted by Crippen LogP contribution is 2.22. The van der Waals surface area contributed by atoms with E-state index < -0.39 is 5.97 Å². The quantitative estimate of drug-likeness (QED) is 0.844. The van der Waals surface area contributed by atoms with E-state index >= 15 is 0 Å². The molecular formula is C21H25N3O3. The zero-order chi connectivity index (χ0) is 19.4. The lowest BCUT2D eigenvalue weighted by atomic mass is 10.1. The predicted octanol–water partition coefficient (Wildman–Crippen LogP) is 3.44. The summed E-state index contributed by atoms with van der Waals surface area (Å²) in [5.74, 6) is -0.423. The van der Waals surface area contributed by atoms with Crippen molar-refractivity contribution in [3.63, 3.8) is 0 Å². The van der Waals surface area contributed by atoms with Crippen LogP contribution in [0.4, 0.5) is 16.2 Å². The van der Waals surface area contributed by atoms with E-state index in [0.717, 1.165) is 13.1 Å². The van der Waals surface area contributed by atoms with Crippen molar-refractivity contribution in [2.45, 2.75) is 13.8 Å². The number of amides is 2. The minimum absolute atomic E-state index is 0.155. The van der Waals surface area contributed by atoms with E-state index in [1.165, 1.54) is 23.9 Å². The molecule has 0 saturated carbocycles. The van der Waals surface area contributed by atoms with Crippen molar-refractivity contribution in [1.29, 1.82) is 0 Å². The number of carbonyl (C=O) groups excluding carboxylic acids is 2. The molecule has 0 atom stereocenters. The molecule has 2 aromatic carbocycles. The number of carbonyl (C=O) groups is 2. The van der Waals surface area contributed by atoms with Gasteiger partial charge in [0.15, 0.2) is 0 Å². The van der Waals surface area contributed by atoms with Crippen molar-refractivity contribution in [3.05, 3.63) is 59.2 Å². The van der Waals surface area contributed by atoms with Crippen LogP contribution in [0.1, 0.15) is 21.5 Å². The largest absolute Gasteiger partial charge is 0.465 e. The average Bonchev–Trinajstić information content (AvgIpc) is 2.67. The summed E-state index contributed by atoms with van der Waals surface area (Å²) in [5, 5.41) is 2.87. The van der Waals surface area contributed by atoms with Crippen molar-refractivity contribution in [1.82, 2.24) is 4.90 Å². The molecule has 6 heteroatoms. The number of piperazine rings is 1. The molecule has 2 amide bonds. The van der Waals surface area contributed by atoms with Gasteiger partial charge in [-0.05, 0) is 43.7 Å². The minimum atomic E-state index is -0.423. The smallest absolute Gasteiger partial charge is 0.337 e. The van der Waals surface area contributed by atoms with Gasteiger partial charge < -0.3 is 19.9 Å². The summed E-state index contributed by atoms with van der Waals surface area (Å²) in [6.45, 7) is 7.09. The Hall–Kier alpha value is -3.02. The first-order valence-corrected chi connectivity index (χ1v) is 9.04. The lowest BCUT2D eigenvalue weighted by Crippen LogP contribution is -2.50. The Morgan fingerprint density at radius 1 is 1.00 bits per heavy atom. The molecule has 0 spiro atoms. The van der Waals surface area contributed by atoms with E-state index in [4.69, 9.17) is 4.74 Å². The van der Waals surface area contributed by atoms with Crippen LogP contribution < -0.4 is 10.2 Å². The Bertz CT molecular complexity index is 842. The van der Waals surface area contributed by atoms with Crippen molar-refractivity contribution in [2.24, 2.45) is 0 Å². The number of aryl methyl sites for hydroxylation is 2. The van der Waals surface area contributed by atoms with Crippen LogP contribution in [0.25, 0.3) is 0 Å². The molecule has 6 nitrogen and oxygen atoms in total. The fourth-order valence-electron chi connectivity index (χ4n) is 3.35. The number of hydrogen-bond acceptors (Lipinski definition) is 4. The number of esters is 1. The van der Waals surface area contributed by atoms with Gasteiger partial charge in [-0.25, -0.2) is 9.59 Å². The Morgan fingerprint density at radius 3 is 2.41 bits per heavy atom. The first-order valence-electron chi connectivity index (χ1n) is 9.04. The minimum Gasteiger partial charge on any atom is -0.465 e. The van der Waals surface area contributed by atoms with Crippen LogP contribution in [-0.2, 0) is 4.74 Å². The Morgan fingerprint density at radius 2 is 1.74 bits per heavy atom. The summed E-state index contributed by atoms with van der Waals surface area (Å²) in [5.41, 5.74) is 4.73. The second-order valence-corrected chi connectivity index (χ2v) is 6.77. The molecule has 1 heterocycles. The summed E-state index contributed by atoms with van der Waals surface area (Å²) in [4.78, 5) is 28.3. The molecule has 0 aliphatic carbocycles. The van der Waals surface area contributed by atoms with Crippen molar-refractivity contribution < 1.29 is 14.3 Å². The van der Waals surface area contributed by atoms with Crippen LogP contribution in [0.15, 0.2) is 42.5 Å². The van der Waals surface area contributed by atoms with E-state index in [2.05, 4.69) is 42.3 Å². The Labute approximate surface area is 159 Å². The summed E-state index contributed by atoms with van der Waals surface area (Å²) < 4.78 is 4.72. The fourth-order valence-corrected chi connectivity index (χ4v) is 3.35. The number of ether oxygens (including phenoxy) is 1. The van der Waals surface area contributed by atoms with Gasteiger partial charge in [0.05, 0.1) is 12.7 Å². The molecule has 2 aromatic rings. The van der Waals surface area contributed by atoms with E-state index in [9.17, 15) is 9.59 Å². The van der Waals surface area contributed by atoms with Crippen LogP contribution in [0.3, 0.4) is 0 Å². The normalized spacial score (nSPS) is 14.0. The van der Waals surface area contributed by atoms with E-state index in [0.29, 0.717) is 24.3 Å². The third-order valence-electron chi connectivity index (χ3n) is 4.79. The molecule has 1 fully saturated rings. The fraction of sp³-hybridized carbons (Fsp3) is 0.333. The van der Waals surface area contributed by atoms with Crippen LogP contribution in [0.2, 0.25) is 0 Å². The van der Waals surface area contributed by atoms with Gasteiger partial charge in [-0.15, -0.1) is 0 Å². The zero-order valence-electron chi connectivity index (χ0n) is 16.0. The van der Waals surface area contributed by atoms with E-state index in [-0.39, 0.29) is 6.03 Å². The third-order valence-corrected chi connectivity index (χ3v) is 4.79. The van der Waals surface area contributed by atoms with Gasteiger partial charge in [0.25, 0.3) is 0 Å². The highest BCUT2D eigenvalue weighted by molar-refractivity contribution is 5.94. The third kappa shape index (κ3) is 4.39. The van der Waals surface area contributed by atoms with Crippen LogP contribution in [0.5, 0.6) is 0 Å². The molecule has 3 rings (SSSR count). The van der Waals surface area contributed by atoms with Gasteiger partial charge in [0, 0.05) is 37.6 Å². The number of rotatable bonds is 3. The Kier molecular flexibility index (Phi) is 5.64. The number of nitrogens with zero attached hydrogens (tertiary/aromatic N) is 2. The average molecular weight is 367 g/mol. The zero-order valence-corrected chi connectivity index (χ0v) is 16.0. The summed E-state index contributed by atoms with van der Waals surface area (Å²) in [7, 11) is 1.34. The molecule has 0 unspecified atom stereocenters. The first-order chi connectivity index (χ1) is 13.0. The molecular weight excluding hydrogens is 342 g/mol. The number of methoxy groups -OCH3 is 1. The number of nitrogens with one attached hydrogen (secondary N) is 1. The number of anilines is 2. The monoisotopic (exact) mass is 367 g/mol. The summed E-state index contributed by atoms with van der Waals surface area (Å²) >= 11 is 0. The van der Waals surface area contributed by atoms with Gasteiger partial charge in [-0.3, -0.25) is 0 Å². The van der Waals surface area contributed by atoms with Gasteiger partial charge in [-0.1, -0.05) is 23.8 Å². The van der Waals surface area contributed by atoms with Gasteiger partial charge >= 0.3 is 12.0 Å². The van der Waals surface area contributed by atoms with Crippen molar-refractivity contribution in [2.75, 3.05) is 43.5 Å². The molecule has 0 bridgehead atoms. The molecule has 1 aliphatic rings. The second kappa shape index (κ2) is 8.12. The second-order valence-electron chi connectivity index (χ2n) is 6.77. The maximum absolute atomic E-state index is 12.6. The van der Waals surface area contributed by atoms with Crippen LogP contribution >= 0.6 is 0 Å². The van der Waals surface area contributed by atoms with Crippen molar-refractivity contribution in [3.8, 4) is 0 Å². The number of urea groups is 1. The summed E-state index contributed by atoms with van der Waals surface area (Å²) in [6, 6.07) is 13.1. The maximum atomic E-state index is 12.6. The first kappa shape index (κ1) is 18.8. The van der Waals surface area contributed by atoms with Crippen LogP contribution in [0, 0.1) is 13.8 Å². The molecule has 0 aromatic heterocycles.